The number of nitrogens with one attached hydrogen (secondary N) is 1. The first-order valence-corrected chi connectivity index (χ1v) is 11.9. The fourth-order valence-electron chi connectivity index (χ4n) is 5.82. The summed E-state index contributed by atoms with van der Waals surface area (Å²) >= 11 is 0. The Kier molecular flexibility index (Phi) is 6.22. The van der Waals surface area contributed by atoms with Gasteiger partial charge in [0.25, 0.3) is 0 Å². The number of para-hydroxylation sites is 1. The number of hydrogen-bond acceptors (Lipinski definition) is 5. The summed E-state index contributed by atoms with van der Waals surface area (Å²) in [4.78, 5) is 26.8. The summed E-state index contributed by atoms with van der Waals surface area (Å²) < 4.78 is 59.3. The van der Waals surface area contributed by atoms with Crippen molar-refractivity contribution in [1.82, 2.24) is 10.2 Å². The number of ether oxygens (including phenoxy) is 3. The van der Waals surface area contributed by atoms with Crippen LogP contribution in [0.5, 0.6) is 5.75 Å². The highest BCUT2D eigenvalue weighted by atomic mass is 19.4. The van der Waals surface area contributed by atoms with Gasteiger partial charge in [-0.15, -0.1) is 0 Å². The van der Waals surface area contributed by atoms with Gasteiger partial charge >= 0.3 is 6.18 Å². The monoisotopic (exact) mass is 482 g/mol. The topological polar surface area (TPSA) is 77.1 Å². The Morgan fingerprint density at radius 3 is 2.59 bits per heavy atom. The minimum absolute atomic E-state index is 0.00925. The molecule has 4 aliphatic heterocycles. The number of alkyl halides is 3. The molecule has 7 nitrogen and oxygen atoms in total. The van der Waals surface area contributed by atoms with Crippen LogP contribution in [0.2, 0.25) is 0 Å². The van der Waals surface area contributed by atoms with Gasteiger partial charge in [0.1, 0.15) is 12.4 Å². The molecule has 2 amide bonds. The van der Waals surface area contributed by atoms with Gasteiger partial charge in [0.2, 0.25) is 17.9 Å². The third kappa shape index (κ3) is 4.49. The van der Waals surface area contributed by atoms with Gasteiger partial charge in [-0.2, -0.15) is 13.2 Å². The maximum Gasteiger partial charge on any atom is 0.425 e. The van der Waals surface area contributed by atoms with Crippen LogP contribution < -0.4 is 10.1 Å². The number of rotatable bonds is 0. The summed E-state index contributed by atoms with van der Waals surface area (Å²) in [6.07, 6.45) is -4.36. The molecule has 5 aliphatic rings. The number of morpholine rings is 1. The minimum atomic E-state index is -4.72. The van der Waals surface area contributed by atoms with Gasteiger partial charge in [-0.3, -0.25) is 9.59 Å². The van der Waals surface area contributed by atoms with Crippen molar-refractivity contribution in [3.63, 3.8) is 0 Å². The molecule has 1 aromatic carbocycles. The molecule has 1 spiro atoms. The maximum atomic E-state index is 14.0. The first-order chi connectivity index (χ1) is 16.2. The summed E-state index contributed by atoms with van der Waals surface area (Å²) in [5.74, 6) is -0.716. The number of amides is 2. The van der Waals surface area contributed by atoms with Crippen LogP contribution in [0.15, 0.2) is 24.3 Å². The zero-order chi connectivity index (χ0) is 23.9. The lowest BCUT2D eigenvalue weighted by Crippen LogP contribution is -2.65. The van der Waals surface area contributed by atoms with E-state index in [2.05, 4.69) is 5.32 Å². The fraction of sp³-hybridized carbons (Fsp3) is 0.667. The first-order valence-electron chi connectivity index (χ1n) is 11.9. The second-order valence-electron chi connectivity index (χ2n) is 9.75. The molecular weight excluding hydrogens is 453 g/mol. The molecule has 3 unspecified atom stereocenters. The Morgan fingerprint density at radius 1 is 1.09 bits per heavy atom. The van der Waals surface area contributed by atoms with E-state index in [-0.39, 0.29) is 50.0 Å². The van der Waals surface area contributed by atoms with E-state index in [0.29, 0.717) is 6.42 Å². The van der Waals surface area contributed by atoms with E-state index in [1.165, 1.54) is 4.90 Å². The van der Waals surface area contributed by atoms with Gasteiger partial charge in [0.15, 0.2) is 0 Å². The highest BCUT2D eigenvalue weighted by Gasteiger charge is 2.53. The second kappa shape index (κ2) is 9.03. The quantitative estimate of drug-likeness (QED) is 0.616. The lowest BCUT2D eigenvalue weighted by molar-refractivity contribution is -0.200. The molecule has 0 aromatic heterocycles. The SMILES string of the molecule is O=C1COCC2(CCN3C(=O)CC(C(F)(F)F)Oc4ccccc4[C@H]4CC[C@H](CC4)OCC32)N1. The summed E-state index contributed by atoms with van der Waals surface area (Å²) in [5.41, 5.74) is -0.111. The number of hydrogen-bond donors (Lipinski definition) is 1. The predicted octanol–water partition coefficient (Wildman–Crippen LogP) is 2.93. The van der Waals surface area contributed by atoms with Crippen LogP contribution in [0, 0.1) is 0 Å². The van der Waals surface area contributed by atoms with Crippen molar-refractivity contribution in [2.24, 2.45) is 0 Å². The molecule has 1 saturated carbocycles. The number of nitrogens with zero attached hydrogens (tertiary/aromatic N) is 1. The molecule has 186 valence electrons. The molecule has 1 aromatic rings. The molecular formula is C24H29F3N2O5. The van der Waals surface area contributed by atoms with Crippen molar-refractivity contribution in [2.75, 3.05) is 26.4 Å². The number of fused-ring (bicyclic) bond motifs is 6. The predicted molar refractivity (Wildman–Crippen MR) is 114 cm³/mol. The van der Waals surface area contributed by atoms with Gasteiger partial charge in [0, 0.05) is 6.54 Å². The summed E-state index contributed by atoms with van der Waals surface area (Å²) in [5, 5.41) is 2.95. The van der Waals surface area contributed by atoms with Crippen LogP contribution >= 0.6 is 0 Å². The van der Waals surface area contributed by atoms with Crippen LogP contribution in [0.1, 0.15) is 50.0 Å². The van der Waals surface area contributed by atoms with E-state index in [9.17, 15) is 22.8 Å². The Morgan fingerprint density at radius 2 is 1.85 bits per heavy atom. The van der Waals surface area contributed by atoms with Crippen molar-refractivity contribution in [3.05, 3.63) is 29.8 Å². The lowest BCUT2D eigenvalue weighted by Gasteiger charge is -2.42. The van der Waals surface area contributed by atoms with Crippen LogP contribution in [0.4, 0.5) is 13.2 Å². The second-order valence-corrected chi connectivity index (χ2v) is 9.75. The first kappa shape index (κ1) is 23.4. The molecule has 1 aliphatic carbocycles. The minimum Gasteiger partial charge on any atom is -0.480 e. The summed E-state index contributed by atoms with van der Waals surface area (Å²) in [6, 6.07) is 6.21. The van der Waals surface area contributed by atoms with E-state index in [4.69, 9.17) is 14.2 Å². The average molecular weight is 482 g/mol. The Bertz CT molecular complexity index is 933. The van der Waals surface area contributed by atoms with Gasteiger partial charge < -0.3 is 24.4 Å². The van der Waals surface area contributed by atoms with Gasteiger partial charge in [-0.1, -0.05) is 18.2 Å². The third-order valence-electron chi connectivity index (χ3n) is 7.63. The smallest absolute Gasteiger partial charge is 0.425 e. The third-order valence-corrected chi connectivity index (χ3v) is 7.63. The van der Waals surface area contributed by atoms with Gasteiger partial charge in [-0.05, 0) is 49.7 Å². The number of carbonyl (C=O) groups excluding carboxylic acids is 2. The van der Waals surface area contributed by atoms with Crippen molar-refractivity contribution in [1.29, 1.82) is 0 Å². The van der Waals surface area contributed by atoms with E-state index >= 15 is 0 Å². The lowest BCUT2D eigenvalue weighted by atomic mass is 9.82. The molecule has 3 atom stereocenters. The number of halogens is 3. The van der Waals surface area contributed by atoms with Crippen LogP contribution in [-0.4, -0.2) is 73.0 Å². The summed E-state index contributed by atoms with van der Waals surface area (Å²) in [6.45, 7) is 0.468. The van der Waals surface area contributed by atoms with Crippen molar-refractivity contribution in [2.45, 2.75) is 74.4 Å². The molecule has 34 heavy (non-hydrogen) atoms. The summed E-state index contributed by atoms with van der Waals surface area (Å²) in [7, 11) is 0. The molecule has 2 saturated heterocycles. The normalized spacial score (nSPS) is 34.7. The largest absolute Gasteiger partial charge is 0.480 e. The Labute approximate surface area is 195 Å². The van der Waals surface area contributed by atoms with Crippen molar-refractivity contribution >= 4 is 11.8 Å². The average Bonchev–Trinajstić information content (AvgIpc) is 3.14. The maximum absolute atomic E-state index is 14.0. The molecule has 10 heteroatoms. The zero-order valence-corrected chi connectivity index (χ0v) is 18.8. The fourth-order valence-corrected chi connectivity index (χ4v) is 5.82. The van der Waals surface area contributed by atoms with Gasteiger partial charge in [-0.25, -0.2) is 0 Å². The van der Waals surface area contributed by atoms with E-state index in [0.717, 1.165) is 31.2 Å². The zero-order valence-electron chi connectivity index (χ0n) is 18.8. The molecule has 3 fully saturated rings. The van der Waals surface area contributed by atoms with Crippen LogP contribution in [-0.2, 0) is 19.1 Å². The number of benzene rings is 1. The molecule has 2 bridgehead atoms. The van der Waals surface area contributed by atoms with Crippen molar-refractivity contribution in [3.8, 4) is 5.75 Å². The molecule has 6 rings (SSSR count). The van der Waals surface area contributed by atoms with Crippen LogP contribution in [0.3, 0.4) is 0 Å². The molecule has 1 N–H and O–H groups in total. The van der Waals surface area contributed by atoms with Crippen LogP contribution in [0.25, 0.3) is 0 Å². The Balaban J connectivity index is 1.49. The molecule has 4 heterocycles. The van der Waals surface area contributed by atoms with E-state index in [1.54, 1.807) is 18.2 Å². The molecule has 0 radical (unpaired) electrons. The number of carbonyl (C=O) groups is 2. The van der Waals surface area contributed by atoms with E-state index in [1.807, 2.05) is 6.07 Å². The highest BCUT2D eigenvalue weighted by molar-refractivity contribution is 5.81. The van der Waals surface area contributed by atoms with Crippen molar-refractivity contribution < 1.29 is 37.0 Å². The highest BCUT2D eigenvalue weighted by Crippen LogP contribution is 2.41. The standard InChI is InChI=1S/C24H29F3N2O5/c25-24(26,27)20-11-22(31)29-10-9-23(14-32-13-21(30)28-23)19(29)12-33-16-7-5-15(6-8-16)17-3-1-2-4-18(17)34-20/h1-4,15-16,19-20H,5-14H2,(H,28,30)/t15-,16+,19?,20?,23?. The van der Waals surface area contributed by atoms with Gasteiger partial charge in [0.05, 0.1) is 37.3 Å². The van der Waals surface area contributed by atoms with E-state index < -0.39 is 36.2 Å². The Hall–Kier alpha value is -2.33.